The lowest BCUT2D eigenvalue weighted by atomic mass is 10.2. The number of rotatable bonds is 4. The molecule has 0 spiro atoms. The van der Waals surface area contributed by atoms with E-state index in [1.165, 1.54) is 18.5 Å². The molecule has 0 amide bonds. The van der Waals surface area contributed by atoms with Gasteiger partial charge in [-0.15, -0.1) is 0 Å². The van der Waals surface area contributed by atoms with Crippen LogP contribution in [-0.4, -0.2) is 18.4 Å². The average Bonchev–Trinajstić information content (AvgIpc) is 2.39. The first-order chi connectivity index (χ1) is 8.99. The van der Waals surface area contributed by atoms with E-state index in [9.17, 15) is 8.42 Å². The van der Waals surface area contributed by atoms with Gasteiger partial charge in [-0.2, -0.15) is 0 Å². The first-order valence-electron chi connectivity index (χ1n) is 5.32. The number of nitrogens with zero attached hydrogens (tertiary/aromatic N) is 1. The maximum Gasteiger partial charge on any atom is 0.263 e. The van der Waals surface area contributed by atoms with Crippen molar-refractivity contribution in [1.29, 1.82) is 0 Å². The molecule has 1 aromatic heterocycles. The van der Waals surface area contributed by atoms with Crippen molar-refractivity contribution in [2.24, 2.45) is 5.73 Å². The number of benzene rings is 1. The van der Waals surface area contributed by atoms with Crippen molar-refractivity contribution in [3.05, 3.63) is 54.4 Å². The van der Waals surface area contributed by atoms with Crippen LogP contribution in [-0.2, 0) is 10.0 Å². The molecule has 7 heteroatoms. The van der Waals surface area contributed by atoms with E-state index in [-0.39, 0.29) is 9.88 Å². The summed E-state index contributed by atoms with van der Waals surface area (Å²) < 4.78 is 26.6. The summed E-state index contributed by atoms with van der Waals surface area (Å²) in [6.07, 6.45) is 2.78. The molecule has 19 heavy (non-hydrogen) atoms. The molecule has 0 aliphatic heterocycles. The Morgan fingerprint density at radius 1 is 1.26 bits per heavy atom. The Kier molecular flexibility index (Phi) is 3.77. The van der Waals surface area contributed by atoms with E-state index in [0.717, 1.165) is 0 Å². The third kappa shape index (κ3) is 3.27. The summed E-state index contributed by atoms with van der Waals surface area (Å²) in [5.74, 6) is 0. The molecule has 2 rings (SSSR count). The van der Waals surface area contributed by atoms with Crippen LogP contribution in [0.2, 0.25) is 0 Å². The third-order valence-electron chi connectivity index (χ3n) is 2.34. The number of hydrogen-bond acceptors (Lipinski definition) is 4. The van der Waals surface area contributed by atoms with Crippen molar-refractivity contribution < 1.29 is 8.42 Å². The summed E-state index contributed by atoms with van der Waals surface area (Å²) in [4.78, 5) is 4.08. The Morgan fingerprint density at radius 3 is 2.68 bits per heavy atom. The molecule has 1 heterocycles. The van der Waals surface area contributed by atoms with Gasteiger partial charge in [0.2, 0.25) is 0 Å². The lowest BCUT2D eigenvalue weighted by Gasteiger charge is -2.08. The van der Waals surface area contributed by atoms with E-state index in [1.54, 1.807) is 30.3 Å². The van der Waals surface area contributed by atoms with Gasteiger partial charge in [-0.05, 0) is 24.3 Å². The number of anilines is 1. The Hall–Kier alpha value is -1.99. The second-order valence-corrected chi connectivity index (χ2v) is 5.86. The van der Waals surface area contributed by atoms with Crippen molar-refractivity contribution in [1.82, 2.24) is 4.98 Å². The summed E-state index contributed by atoms with van der Waals surface area (Å²) >= 11 is 4.85. The van der Waals surface area contributed by atoms with E-state index >= 15 is 0 Å². The van der Waals surface area contributed by atoms with Gasteiger partial charge >= 0.3 is 0 Å². The van der Waals surface area contributed by atoms with Gasteiger partial charge in [0.1, 0.15) is 9.88 Å². The molecule has 0 saturated heterocycles. The minimum Gasteiger partial charge on any atom is -0.389 e. The number of pyridine rings is 1. The largest absolute Gasteiger partial charge is 0.389 e. The lowest BCUT2D eigenvalue weighted by molar-refractivity contribution is 0.601. The highest BCUT2D eigenvalue weighted by Gasteiger charge is 2.14. The van der Waals surface area contributed by atoms with Crippen LogP contribution in [0.3, 0.4) is 0 Å². The molecule has 98 valence electrons. The van der Waals surface area contributed by atoms with Crippen LogP contribution < -0.4 is 10.5 Å². The number of sulfonamides is 1. The Balaban J connectivity index is 2.31. The van der Waals surface area contributed by atoms with Crippen LogP contribution in [0.4, 0.5) is 5.69 Å². The van der Waals surface area contributed by atoms with Gasteiger partial charge < -0.3 is 5.73 Å². The average molecular weight is 293 g/mol. The maximum absolute atomic E-state index is 12.1. The fraction of sp³-hybridized carbons (Fsp3) is 0. The molecule has 0 aliphatic rings. The normalized spacial score (nSPS) is 10.9. The van der Waals surface area contributed by atoms with Gasteiger partial charge in [-0.3, -0.25) is 9.71 Å². The SMILES string of the molecule is NC(=S)c1cccc(NS(=O)(=O)c2cccnc2)c1. The summed E-state index contributed by atoms with van der Waals surface area (Å²) in [5.41, 5.74) is 6.50. The van der Waals surface area contributed by atoms with Crippen molar-refractivity contribution in [3.63, 3.8) is 0 Å². The van der Waals surface area contributed by atoms with E-state index in [4.69, 9.17) is 18.0 Å². The van der Waals surface area contributed by atoms with Crippen LogP contribution in [0.25, 0.3) is 0 Å². The van der Waals surface area contributed by atoms with Crippen LogP contribution in [0, 0.1) is 0 Å². The fourth-order valence-corrected chi connectivity index (χ4v) is 2.60. The number of aromatic nitrogens is 1. The molecule has 5 nitrogen and oxygen atoms in total. The van der Waals surface area contributed by atoms with Gasteiger partial charge in [0.05, 0.1) is 0 Å². The van der Waals surface area contributed by atoms with Gasteiger partial charge in [0.15, 0.2) is 0 Å². The van der Waals surface area contributed by atoms with Crippen LogP contribution in [0.5, 0.6) is 0 Å². The molecular formula is C12H11N3O2S2. The highest BCUT2D eigenvalue weighted by molar-refractivity contribution is 7.92. The molecule has 0 bridgehead atoms. The van der Waals surface area contributed by atoms with E-state index < -0.39 is 10.0 Å². The highest BCUT2D eigenvalue weighted by Crippen LogP contribution is 2.16. The minimum absolute atomic E-state index is 0.0933. The minimum atomic E-state index is -3.65. The van der Waals surface area contributed by atoms with Crippen molar-refractivity contribution >= 4 is 32.9 Å². The second-order valence-electron chi connectivity index (χ2n) is 3.74. The molecule has 0 atom stereocenters. The third-order valence-corrected chi connectivity index (χ3v) is 3.95. The molecule has 0 saturated carbocycles. The van der Waals surface area contributed by atoms with Gasteiger partial charge in [0, 0.05) is 23.6 Å². The first kappa shape index (κ1) is 13.4. The number of thiocarbonyl (C=S) groups is 1. The van der Waals surface area contributed by atoms with Crippen LogP contribution in [0.1, 0.15) is 5.56 Å². The second kappa shape index (κ2) is 5.33. The smallest absolute Gasteiger partial charge is 0.263 e. The van der Waals surface area contributed by atoms with E-state index in [0.29, 0.717) is 11.3 Å². The van der Waals surface area contributed by atoms with Gasteiger partial charge in [-0.25, -0.2) is 8.42 Å². The molecule has 3 N–H and O–H groups in total. The fourth-order valence-electron chi connectivity index (χ4n) is 1.46. The zero-order chi connectivity index (χ0) is 13.9. The zero-order valence-corrected chi connectivity index (χ0v) is 11.4. The molecule has 0 unspecified atom stereocenters. The van der Waals surface area contributed by atoms with Crippen LogP contribution in [0.15, 0.2) is 53.7 Å². The number of nitrogens with one attached hydrogen (secondary N) is 1. The van der Waals surface area contributed by atoms with Crippen molar-refractivity contribution in [3.8, 4) is 0 Å². The molecule has 0 fully saturated rings. The van der Waals surface area contributed by atoms with Crippen molar-refractivity contribution in [2.75, 3.05) is 4.72 Å². The standard InChI is InChI=1S/C12H11N3O2S2/c13-12(18)9-3-1-4-10(7-9)15-19(16,17)11-5-2-6-14-8-11/h1-8,15H,(H2,13,18). The molecule has 2 aromatic rings. The summed E-state index contributed by atoms with van der Waals surface area (Å²) in [5, 5.41) is 0. The van der Waals surface area contributed by atoms with Gasteiger partial charge in [0.25, 0.3) is 10.0 Å². The van der Waals surface area contributed by atoms with Gasteiger partial charge in [-0.1, -0.05) is 24.4 Å². The first-order valence-corrected chi connectivity index (χ1v) is 7.21. The monoisotopic (exact) mass is 293 g/mol. The van der Waals surface area contributed by atoms with Crippen LogP contribution >= 0.6 is 12.2 Å². The molecule has 1 aromatic carbocycles. The number of nitrogens with two attached hydrogens (primary N) is 1. The predicted molar refractivity (Wildman–Crippen MR) is 77.4 cm³/mol. The maximum atomic E-state index is 12.1. The van der Waals surface area contributed by atoms with Crippen molar-refractivity contribution in [2.45, 2.75) is 4.90 Å². The topological polar surface area (TPSA) is 85.1 Å². The summed E-state index contributed by atoms with van der Waals surface area (Å²) in [7, 11) is -3.65. The molecule has 0 aliphatic carbocycles. The zero-order valence-electron chi connectivity index (χ0n) is 9.78. The van der Waals surface area contributed by atoms with E-state index in [2.05, 4.69) is 9.71 Å². The number of hydrogen-bond donors (Lipinski definition) is 2. The predicted octanol–water partition coefficient (Wildman–Crippen LogP) is 1.52. The summed E-state index contributed by atoms with van der Waals surface area (Å²) in [6.45, 7) is 0. The Bertz CT molecular complexity index is 700. The molecule has 0 radical (unpaired) electrons. The summed E-state index contributed by atoms with van der Waals surface area (Å²) in [6, 6.07) is 9.61. The Morgan fingerprint density at radius 2 is 2.05 bits per heavy atom. The Labute approximate surface area is 116 Å². The molecular weight excluding hydrogens is 282 g/mol. The lowest BCUT2D eigenvalue weighted by Crippen LogP contribution is -2.14. The van der Waals surface area contributed by atoms with E-state index in [1.807, 2.05) is 0 Å². The quantitative estimate of drug-likeness (QED) is 0.835. The highest BCUT2D eigenvalue weighted by atomic mass is 32.2.